The van der Waals surface area contributed by atoms with Crippen molar-refractivity contribution in [2.45, 2.75) is 31.8 Å². The average molecular weight is 288 g/mol. The van der Waals surface area contributed by atoms with Gasteiger partial charge in [0.25, 0.3) is 0 Å². The van der Waals surface area contributed by atoms with Gasteiger partial charge in [0.1, 0.15) is 5.60 Å². The number of hydrogen-bond donors (Lipinski definition) is 3. The van der Waals surface area contributed by atoms with Gasteiger partial charge in [-0.25, -0.2) is 4.79 Å². The number of carboxylic acids is 1. The number of carbonyl (C=O) groups excluding carboxylic acids is 1. The first-order valence-electron chi connectivity index (χ1n) is 6.84. The number of carbonyl (C=O) groups is 2. The number of ether oxygens (including phenoxy) is 2. The first kappa shape index (κ1) is 16.7. The van der Waals surface area contributed by atoms with E-state index in [9.17, 15) is 9.59 Å². The second kappa shape index (κ2) is 8.06. The summed E-state index contributed by atoms with van der Waals surface area (Å²) in [6, 6.07) is -0.268. The van der Waals surface area contributed by atoms with E-state index in [1.807, 2.05) is 6.92 Å². The van der Waals surface area contributed by atoms with Gasteiger partial charge in [0.05, 0.1) is 13.2 Å². The predicted molar refractivity (Wildman–Crippen MR) is 72.6 cm³/mol. The maximum Gasteiger partial charge on any atom is 0.314 e. The van der Waals surface area contributed by atoms with Crippen LogP contribution >= 0.6 is 0 Å². The molecule has 0 aliphatic carbocycles. The fraction of sp³-hybridized carbons (Fsp3) is 0.846. The molecule has 20 heavy (non-hydrogen) atoms. The monoisotopic (exact) mass is 288 g/mol. The molecule has 0 aromatic rings. The number of urea groups is 1. The van der Waals surface area contributed by atoms with Crippen LogP contribution in [-0.2, 0) is 14.3 Å². The van der Waals surface area contributed by atoms with E-state index in [4.69, 9.17) is 14.6 Å². The second-order valence-electron chi connectivity index (χ2n) is 5.29. The standard InChI is InChI=1S/C13H24N2O5/c1-10(3-4-11(16)17)7-14-12(18)15-8-13(19-2)5-6-20-9-13/h10H,3-9H2,1-2H3,(H,16,17)(H2,14,15,18). The summed E-state index contributed by atoms with van der Waals surface area (Å²) in [5.74, 6) is -0.687. The van der Waals surface area contributed by atoms with Gasteiger partial charge in [-0.2, -0.15) is 0 Å². The normalized spacial score (nSPS) is 23.3. The van der Waals surface area contributed by atoms with Gasteiger partial charge in [-0.3, -0.25) is 4.79 Å². The van der Waals surface area contributed by atoms with Crippen LogP contribution in [0.25, 0.3) is 0 Å². The second-order valence-corrected chi connectivity index (χ2v) is 5.29. The molecule has 1 heterocycles. The molecular formula is C13H24N2O5. The minimum absolute atomic E-state index is 0.120. The van der Waals surface area contributed by atoms with Gasteiger partial charge in [-0.1, -0.05) is 6.92 Å². The van der Waals surface area contributed by atoms with Gasteiger partial charge in [0.2, 0.25) is 0 Å². The summed E-state index contributed by atoms with van der Waals surface area (Å²) in [4.78, 5) is 22.1. The zero-order valence-electron chi connectivity index (χ0n) is 12.1. The van der Waals surface area contributed by atoms with Gasteiger partial charge in [-0.05, 0) is 12.3 Å². The average Bonchev–Trinajstić information content (AvgIpc) is 2.90. The Morgan fingerprint density at radius 3 is 2.75 bits per heavy atom. The quantitative estimate of drug-likeness (QED) is 0.607. The van der Waals surface area contributed by atoms with Crippen molar-refractivity contribution in [3.63, 3.8) is 0 Å². The van der Waals surface area contributed by atoms with Gasteiger partial charge in [-0.15, -0.1) is 0 Å². The lowest BCUT2D eigenvalue weighted by molar-refractivity contribution is -0.137. The molecule has 0 spiro atoms. The fourth-order valence-electron chi connectivity index (χ4n) is 2.00. The maximum atomic E-state index is 11.7. The Morgan fingerprint density at radius 1 is 1.45 bits per heavy atom. The maximum absolute atomic E-state index is 11.7. The molecular weight excluding hydrogens is 264 g/mol. The summed E-state index contributed by atoms with van der Waals surface area (Å²) in [6.07, 6.45) is 1.43. The Hall–Kier alpha value is -1.34. The molecule has 1 rings (SSSR count). The van der Waals surface area contributed by atoms with Crippen molar-refractivity contribution in [1.82, 2.24) is 10.6 Å². The van der Waals surface area contributed by atoms with Crippen LogP contribution in [0.1, 0.15) is 26.2 Å². The summed E-state index contributed by atoms with van der Waals surface area (Å²) >= 11 is 0. The minimum atomic E-state index is -0.815. The highest BCUT2D eigenvalue weighted by molar-refractivity contribution is 5.73. The highest BCUT2D eigenvalue weighted by Gasteiger charge is 2.35. The largest absolute Gasteiger partial charge is 0.481 e. The smallest absolute Gasteiger partial charge is 0.314 e. The van der Waals surface area contributed by atoms with Gasteiger partial charge < -0.3 is 25.2 Å². The fourth-order valence-corrected chi connectivity index (χ4v) is 2.00. The Labute approximate surface area is 119 Å². The van der Waals surface area contributed by atoms with Crippen LogP contribution < -0.4 is 10.6 Å². The summed E-state index contributed by atoms with van der Waals surface area (Å²) in [7, 11) is 1.61. The Balaban J connectivity index is 2.18. The number of methoxy groups -OCH3 is 1. The van der Waals surface area contributed by atoms with Crippen molar-refractivity contribution in [2.75, 3.05) is 33.4 Å². The van der Waals surface area contributed by atoms with Crippen LogP contribution in [0.5, 0.6) is 0 Å². The molecule has 0 saturated carbocycles. The van der Waals surface area contributed by atoms with Crippen molar-refractivity contribution in [2.24, 2.45) is 5.92 Å². The Kier molecular flexibility index (Phi) is 6.74. The van der Waals surface area contributed by atoms with Crippen molar-refractivity contribution in [3.05, 3.63) is 0 Å². The van der Waals surface area contributed by atoms with E-state index in [0.717, 1.165) is 6.42 Å². The van der Waals surface area contributed by atoms with Crippen molar-refractivity contribution in [1.29, 1.82) is 0 Å². The lowest BCUT2D eigenvalue weighted by Crippen LogP contribution is -2.48. The van der Waals surface area contributed by atoms with Crippen LogP contribution in [0.4, 0.5) is 4.79 Å². The van der Waals surface area contributed by atoms with E-state index < -0.39 is 11.6 Å². The molecule has 116 valence electrons. The SMILES string of the molecule is COC1(CNC(=O)NCC(C)CCC(=O)O)CCOC1. The van der Waals surface area contributed by atoms with Crippen molar-refractivity contribution in [3.8, 4) is 0 Å². The number of nitrogens with one attached hydrogen (secondary N) is 2. The van der Waals surface area contributed by atoms with Crippen LogP contribution in [-0.4, -0.2) is 56.1 Å². The Morgan fingerprint density at radius 2 is 2.20 bits per heavy atom. The first-order valence-corrected chi connectivity index (χ1v) is 6.84. The number of hydrogen-bond acceptors (Lipinski definition) is 4. The molecule has 0 radical (unpaired) electrons. The number of carboxylic acid groups (broad SMARTS) is 1. The van der Waals surface area contributed by atoms with E-state index in [-0.39, 0.29) is 18.4 Å². The summed E-state index contributed by atoms with van der Waals surface area (Å²) in [6.45, 7) is 3.89. The number of aliphatic carboxylic acids is 1. The Bertz CT molecular complexity index is 329. The highest BCUT2D eigenvalue weighted by Crippen LogP contribution is 2.21. The number of rotatable bonds is 8. The van der Waals surface area contributed by atoms with E-state index >= 15 is 0 Å². The van der Waals surface area contributed by atoms with Crippen LogP contribution in [0.2, 0.25) is 0 Å². The van der Waals surface area contributed by atoms with Crippen LogP contribution in [0, 0.1) is 5.92 Å². The summed E-state index contributed by atoms with van der Waals surface area (Å²) in [5.41, 5.74) is -0.424. The van der Waals surface area contributed by atoms with Crippen LogP contribution in [0.15, 0.2) is 0 Å². The topological polar surface area (TPSA) is 96.9 Å². The molecule has 1 aliphatic rings. The molecule has 2 amide bonds. The zero-order valence-corrected chi connectivity index (χ0v) is 12.1. The van der Waals surface area contributed by atoms with E-state index in [1.54, 1.807) is 7.11 Å². The predicted octanol–water partition coefficient (Wildman–Crippen LogP) is 0.592. The molecule has 2 unspecified atom stereocenters. The zero-order chi connectivity index (χ0) is 15.0. The molecule has 2 atom stereocenters. The van der Waals surface area contributed by atoms with E-state index in [0.29, 0.717) is 32.7 Å². The van der Waals surface area contributed by atoms with E-state index in [2.05, 4.69) is 10.6 Å². The molecule has 0 aromatic carbocycles. The molecule has 7 nitrogen and oxygen atoms in total. The van der Waals surface area contributed by atoms with Gasteiger partial charge in [0, 0.05) is 33.1 Å². The molecule has 1 aliphatic heterocycles. The molecule has 1 saturated heterocycles. The third kappa shape index (κ3) is 5.75. The molecule has 0 bridgehead atoms. The van der Waals surface area contributed by atoms with Crippen LogP contribution in [0.3, 0.4) is 0 Å². The highest BCUT2D eigenvalue weighted by atomic mass is 16.5. The summed E-state index contributed by atoms with van der Waals surface area (Å²) < 4.78 is 10.7. The summed E-state index contributed by atoms with van der Waals surface area (Å²) in [5, 5.41) is 14.1. The van der Waals surface area contributed by atoms with Crippen molar-refractivity contribution >= 4 is 12.0 Å². The lowest BCUT2D eigenvalue weighted by atomic mass is 10.0. The minimum Gasteiger partial charge on any atom is -0.481 e. The third-order valence-corrected chi connectivity index (χ3v) is 3.53. The lowest BCUT2D eigenvalue weighted by Gasteiger charge is -2.26. The molecule has 3 N–H and O–H groups in total. The number of amides is 2. The first-order chi connectivity index (χ1) is 9.47. The molecule has 0 aromatic heterocycles. The van der Waals surface area contributed by atoms with Crippen molar-refractivity contribution < 1.29 is 24.2 Å². The molecule has 1 fully saturated rings. The third-order valence-electron chi connectivity index (χ3n) is 3.53. The van der Waals surface area contributed by atoms with E-state index in [1.165, 1.54) is 0 Å². The van der Waals surface area contributed by atoms with Gasteiger partial charge in [0.15, 0.2) is 0 Å². The van der Waals surface area contributed by atoms with Gasteiger partial charge >= 0.3 is 12.0 Å². The molecule has 7 heteroatoms.